The molecule has 2 atom stereocenters. The van der Waals surface area contributed by atoms with E-state index in [1.165, 1.54) is 0 Å². The summed E-state index contributed by atoms with van der Waals surface area (Å²) in [4.78, 5) is 20.7. The third kappa shape index (κ3) is 2.76. The summed E-state index contributed by atoms with van der Waals surface area (Å²) in [5, 5.41) is 2.95. The molecule has 2 fully saturated rings. The van der Waals surface area contributed by atoms with E-state index in [1.54, 1.807) is 4.90 Å². The maximum absolute atomic E-state index is 13.2. The monoisotopic (exact) mass is 318 g/mol. The summed E-state index contributed by atoms with van der Waals surface area (Å²) in [6, 6.07) is 7.88. The molecule has 2 aliphatic rings. The Balaban J connectivity index is 1.39. The first kappa shape index (κ1) is 14.4. The zero-order valence-corrected chi connectivity index (χ0v) is 12.7. The van der Waals surface area contributed by atoms with Gasteiger partial charge in [-0.1, -0.05) is 12.1 Å². The summed E-state index contributed by atoms with van der Waals surface area (Å²) < 4.78 is 19.0. The number of carbonyl (C=O) groups excluding carboxylic acids is 1. The van der Waals surface area contributed by atoms with Gasteiger partial charge in [-0.3, -0.25) is 4.79 Å². The molecule has 23 heavy (non-hydrogen) atoms. The Hall–Kier alpha value is -2.15. The molecule has 3 heterocycles. The molecule has 1 aromatic heterocycles. The minimum absolute atomic E-state index is 0.00219. The van der Waals surface area contributed by atoms with Crippen molar-refractivity contribution in [2.24, 2.45) is 0 Å². The molecule has 0 bridgehead atoms. The first-order valence-corrected chi connectivity index (χ1v) is 7.97. The Morgan fingerprint density at radius 2 is 2.04 bits per heavy atom. The van der Waals surface area contributed by atoms with Gasteiger partial charge in [0.2, 0.25) is 5.91 Å². The predicted octanol–water partition coefficient (Wildman–Crippen LogP) is 1.18. The number of rotatable bonds is 2. The molecule has 0 aliphatic carbocycles. The van der Waals surface area contributed by atoms with E-state index in [0.29, 0.717) is 32.2 Å². The minimum Gasteiger partial charge on any atom is -0.423 e. The summed E-state index contributed by atoms with van der Waals surface area (Å²) in [5.74, 6) is 0.00219. The van der Waals surface area contributed by atoms with Gasteiger partial charge in [-0.15, -0.1) is 0 Å². The van der Waals surface area contributed by atoms with Crippen LogP contribution in [-0.4, -0.2) is 60.7 Å². The first-order valence-electron chi connectivity index (χ1n) is 7.97. The Labute approximate surface area is 133 Å². The number of fused-ring (bicyclic) bond motifs is 1. The van der Waals surface area contributed by atoms with Gasteiger partial charge in [0, 0.05) is 39.1 Å². The average molecular weight is 318 g/mol. The summed E-state index contributed by atoms with van der Waals surface area (Å²) in [5.41, 5.74) is 1.61. The van der Waals surface area contributed by atoms with Crippen molar-refractivity contribution in [2.75, 3.05) is 37.6 Å². The van der Waals surface area contributed by atoms with E-state index in [2.05, 4.69) is 10.3 Å². The lowest BCUT2D eigenvalue weighted by Gasteiger charge is -2.35. The van der Waals surface area contributed by atoms with Gasteiger partial charge < -0.3 is 19.5 Å². The minimum atomic E-state index is -0.912. The fraction of sp³-hybridized carbons (Fsp3) is 0.500. The van der Waals surface area contributed by atoms with E-state index in [4.69, 9.17) is 4.42 Å². The normalized spacial score (nSPS) is 25.3. The molecule has 0 unspecified atom stereocenters. The molecule has 0 radical (unpaired) electrons. The quantitative estimate of drug-likeness (QED) is 0.901. The maximum Gasteiger partial charge on any atom is 0.298 e. The fourth-order valence-corrected chi connectivity index (χ4v) is 3.21. The average Bonchev–Trinajstić information content (AvgIpc) is 3.20. The Kier molecular flexibility index (Phi) is 3.65. The molecule has 1 N–H and O–H groups in total. The second-order valence-electron chi connectivity index (χ2n) is 6.07. The highest BCUT2D eigenvalue weighted by molar-refractivity contribution is 5.82. The van der Waals surface area contributed by atoms with Gasteiger partial charge in [0.15, 0.2) is 5.58 Å². The van der Waals surface area contributed by atoms with Crippen molar-refractivity contribution in [3.63, 3.8) is 0 Å². The highest BCUT2D eigenvalue weighted by Gasteiger charge is 2.34. The number of amides is 1. The zero-order chi connectivity index (χ0) is 15.8. The zero-order valence-electron chi connectivity index (χ0n) is 12.7. The lowest BCUT2D eigenvalue weighted by atomic mass is 10.1. The SMILES string of the molecule is O=C([C@H]1C[C@H](F)CN1)N1CCN(c2nc3ccccc3o2)CC1. The number of para-hydroxylation sites is 2. The van der Waals surface area contributed by atoms with E-state index in [1.807, 2.05) is 29.2 Å². The molecule has 2 saturated heterocycles. The molecule has 122 valence electrons. The van der Waals surface area contributed by atoms with E-state index < -0.39 is 6.17 Å². The van der Waals surface area contributed by atoms with Crippen LogP contribution in [-0.2, 0) is 4.79 Å². The Morgan fingerprint density at radius 1 is 1.26 bits per heavy atom. The van der Waals surface area contributed by atoms with Crippen molar-refractivity contribution in [1.82, 2.24) is 15.2 Å². The third-order valence-electron chi connectivity index (χ3n) is 4.52. The van der Waals surface area contributed by atoms with Crippen LogP contribution in [0.2, 0.25) is 0 Å². The maximum atomic E-state index is 13.2. The number of benzene rings is 1. The summed E-state index contributed by atoms with van der Waals surface area (Å²) in [7, 11) is 0. The van der Waals surface area contributed by atoms with Crippen LogP contribution in [0.15, 0.2) is 28.7 Å². The van der Waals surface area contributed by atoms with Crippen molar-refractivity contribution in [3.8, 4) is 0 Å². The molecule has 6 nitrogen and oxygen atoms in total. The fourth-order valence-electron chi connectivity index (χ4n) is 3.21. The first-order chi connectivity index (χ1) is 11.2. The molecule has 0 spiro atoms. The Morgan fingerprint density at radius 3 is 2.74 bits per heavy atom. The molecular formula is C16H19FN4O2. The molecule has 7 heteroatoms. The second-order valence-corrected chi connectivity index (χ2v) is 6.07. The van der Waals surface area contributed by atoms with Crippen molar-refractivity contribution in [2.45, 2.75) is 18.6 Å². The van der Waals surface area contributed by atoms with Gasteiger partial charge in [0.1, 0.15) is 11.7 Å². The number of nitrogens with one attached hydrogen (secondary N) is 1. The number of oxazole rings is 1. The number of alkyl halides is 1. The van der Waals surface area contributed by atoms with Gasteiger partial charge in [-0.25, -0.2) is 4.39 Å². The highest BCUT2D eigenvalue weighted by Crippen LogP contribution is 2.23. The number of nitrogens with zero attached hydrogens (tertiary/aromatic N) is 3. The molecule has 1 amide bonds. The van der Waals surface area contributed by atoms with Gasteiger partial charge in [0.25, 0.3) is 6.01 Å². The van der Waals surface area contributed by atoms with Gasteiger partial charge in [-0.05, 0) is 12.1 Å². The van der Waals surface area contributed by atoms with Crippen LogP contribution in [0.25, 0.3) is 11.1 Å². The van der Waals surface area contributed by atoms with Crippen LogP contribution in [0.3, 0.4) is 0 Å². The van der Waals surface area contributed by atoms with Gasteiger partial charge in [0.05, 0.1) is 6.04 Å². The lowest BCUT2D eigenvalue weighted by Crippen LogP contribution is -2.53. The van der Waals surface area contributed by atoms with E-state index >= 15 is 0 Å². The van der Waals surface area contributed by atoms with Crippen molar-refractivity contribution >= 4 is 23.0 Å². The lowest BCUT2D eigenvalue weighted by molar-refractivity contribution is -0.133. The number of hydrogen-bond acceptors (Lipinski definition) is 5. The van der Waals surface area contributed by atoms with E-state index in [-0.39, 0.29) is 24.9 Å². The molecular weight excluding hydrogens is 299 g/mol. The van der Waals surface area contributed by atoms with Crippen LogP contribution in [0, 0.1) is 0 Å². The molecule has 0 saturated carbocycles. The standard InChI is InChI=1S/C16H19FN4O2/c17-11-9-13(18-10-11)15(22)20-5-7-21(8-6-20)16-19-12-3-1-2-4-14(12)23-16/h1-4,11,13,18H,5-10H2/t11-,13+/m0/s1. The topological polar surface area (TPSA) is 61.6 Å². The van der Waals surface area contributed by atoms with E-state index in [9.17, 15) is 9.18 Å². The van der Waals surface area contributed by atoms with Gasteiger partial charge >= 0.3 is 0 Å². The van der Waals surface area contributed by atoms with Crippen molar-refractivity contribution in [3.05, 3.63) is 24.3 Å². The van der Waals surface area contributed by atoms with Crippen molar-refractivity contribution in [1.29, 1.82) is 0 Å². The smallest absolute Gasteiger partial charge is 0.298 e. The molecule has 4 rings (SSSR count). The molecule has 2 aliphatic heterocycles. The molecule has 1 aromatic carbocycles. The highest BCUT2D eigenvalue weighted by atomic mass is 19.1. The summed E-state index contributed by atoms with van der Waals surface area (Å²) in [6.07, 6.45) is -0.630. The third-order valence-corrected chi connectivity index (χ3v) is 4.52. The van der Waals surface area contributed by atoms with E-state index in [0.717, 1.165) is 11.1 Å². The van der Waals surface area contributed by atoms with Crippen LogP contribution in [0.4, 0.5) is 10.4 Å². The van der Waals surface area contributed by atoms with Gasteiger partial charge in [-0.2, -0.15) is 4.98 Å². The van der Waals surface area contributed by atoms with Crippen LogP contribution < -0.4 is 10.2 Å². The number of anilines is 1. The number of aromatic nitrogens is 1. The summed E-state index contributed by atoms with van der Waals surface area (Å²) in [6.45, 7) is 2.83. The summed E-state index contributed by atoms with van der Waals surface area (Å²) >= 11 is 0. The van der Waals surface area contributed by atoms with Crippen LogP contribution >= 0.6 is 0 Å². The number of piperazine rings is 1. The largest absolute Gasteiger partial charge is 0.423 e. The molecule has 2 aromatic rings. The number of carbonyl (C=O) groups is 1. The number of halogens is 1. The Bertz CT molecular complexity index is 678. The van der Waals surface area contributed by atoms with Crippen LogP contribution in [0.1, 0.15) is 6.42 Å². The van der Waals surface area contributed by atoms with Crippen LogP contribution in [0.5, 0.6) is 0 Å². The van der Waals surface area contributed by atoms with Crippen molar-refractivity contribution < 1.29 is 13.6 Å². The predicted molar refractivity (Wildman–Crippen MR) is 84.1 cm³/mol. The second kappa shape index (κ2) is 5.81. The number of hydrogen-bond donors (Lipinski definition) is 1.